The van der Waals surface area contributed by atoms with Crippen molar-refractivity contribution in [2.45, 2.75) is 46.2 Å². The Labute approximate surface area is 97.3 Å². The molecular formula is C14H19NO. The Balaban J connectivity index is 2.34. The van der Waals surface area contributed by atoms with Crippen LogP contribution in [0.3, 0.4) is 0 Å². The third-order valence-electron chi connectivity index (χ3n) is 3.61. The Morgan fingerprint density at radius 3 is 2.56 bits per heavy atom. The summed E-state index contributed by atoms with van der Waals surface area (Å²) >= 11 is 0. The van der Waals surface area contributed by atoms with Crippen molar-refractivity contribution < 1.29 is 4.79 Å². The molecule has 1 aromatic rings. The zero-order chi connectivity index (χ0) is 11.7. The van der Waals surface area contributed by atoms with Crippen LogP contribution in [0.5, 0.6) is 0 Å². The highest BCUT2D eigenvalue weighted by Crippen LogP contribution is 2.28. The molecule has 0 aliphatic carbocycles. The first-order valence-electron chi connectivity index (χ1n) is 6.08. The van der Waals surface area contributed by atoms with Gasteiger partial charge in [0.25, 0.3) is 5.91 Å². The minimum atomic E-state index is 0.215. The standard InChI is InChI=1S/C14H19NO/c1-4-11(5-2)15-9-13-10(3)7-6-8-12(13)14(15)16/h6-8,11H,4-5,9H2,1-3H3. The van der Waals surface area contributed by atoms with Crippen LogP contribution in [-0.4, -0.2) is 16.8 Å². The molecule has 1 aliphatic heterocycles. The molecule has 2 rings (SSSR count). The van der Waals surface area contributed by atoms with Gasteiger partial charge in [0.05, 0.1) is 0 Å². The van der Waals surface area contributed by atoms with E-state index in [1.165, 1.54) is 11.1 Å². The average molecular weight is 217 g/mol. The van der Waals surface area contributed by atoms with Crippen LogP contribution >= 0.6 is 0 Å². The summed E-state index contributed by atoms with van der Waals surface area (Å²) in [4.78, 5) is 14.3. The van der Waals surface area contributed by atoms with E-state index in [-0.39, 0.29) is 5.91 Å². The van der Waals surface area contributed by atoms with Crippen molar-refractivity contribution in [3.8, 4) is 0 Å². The quantitative estimate of drug-likeness (QED) is 0.761. The first kappa shape index (κ1) is 11.2. The maximum atomic E-state index is 12.2. The topological polar surface area (TPSA) is 20.3 Å². The van der Waals surface area contributed by atoms with Gasteiger partial charge < -0.3 is 4.90 Å². The number of nitrogens with zero attached hydrogens (tertiary/aromatic N) is 1. The molecule has 0 aromatic heterocycles. The van der Waals surface area contributed by atoms with Crippen LogP contribution in [0.15, 0.2) is 18.2 Å². The van der Waals surface area contributed by atoms with Gasteiger partial charge in [-0.2, -0.15) is 0 Å². The zero-order valence-electron chi connectivity index (χ0n) is 10.3. The maximum absolute atomic E-state index is 12.2. The molecule has 0 saturated carbocycles. The predicted octanol–water partition coefficient (Wildman–Crippen LogP) is 3.14. The van der Waals surface area contributed by atoms with Crippen molar-refractivity contribution in [1.29, 1.82) is 0 Å². The summed E-state index contributed by atoms with van der Waals surface area (Å²) in [7, 11) is 0. The van der Waals surface area contributed by atoms with Crippen molar-refractivity contribution in [2.24, 2.45) is 0 Å². The minimum Gasteiger partial charge on any atom is -0.331 e. The van der Waals surface area contributed by atoms with Crippen LogP contribution < -0.4 is 0 Å². The van der Waals surface area contributed by atoms with Gasteiger partial charge in [-0.3, -0.25) is 4.79 Å². The molecule has 1 amide bonds. The minimum absolute atomic E-state index is 0.215. The molecule has 0 saturated heterocycles. The normalized spacial score (nSPS) is 14.8. The number of fused-ring (bicyclic) bond motifs is 1. The fourth-order valence-corrected chi connectivity index (χ4v) is 2.53. The highest BCUT2D eigenvalue weighted by Gasteiger charge is 2.31. The van der Waals surface area contributed by atoms with Crippen LogP contribution in [0.25, 0.3) is 0 Å². The molecule has 1 heterocycles. The third-order valence-corrected chi connectivity index (χ3v) is 3.61. The molecule has 0 N–H and O–H groups in total. The molecule has 1 aromatic carbocycles. The van der Waals surface area contributed by atoms with Crippen LogP contribution in [0, 0.1) is 6.92 Å². The highest BCUT2D eigenvalue weighted by atomic mass is 16.2. The fourth-order valence-electron chi connectivity index (χ4n) is 2.53. The lowest BCUT2D eigenvalue weighted by Gasteiger charge is -2.25. The van der Waals surface area contributed by atoms with Crippen LogP contribution in [0.2, 0.25) is 0 Å². The van der Waals surface area contributed by atoms with E-state index in [1.54, 1.807) is 0 Å². The lowest BCUT2D eigenvalue weighted by Crippen LogP contribution is -2.34. The van der Waals surface area contributed by atoms with Crippen molar-refractivity contribution in [2.75, 3.05) is 0 Å². The van der Waals surface area contributed by atoms with Crippen LogP contribution in [0.4, 0.5) is 0 Å². The van der Waals surface area contributed by atoms with Gasteiger partial charge >= 0.3 is 0 Å². The Hall–Kier alpha value is -1.31. The summed E-state index contributed by atoms with van der Waals surface area (Å²) in [5.74, 6) is 0.215. The van der Waals surface area contributed by atoms with Gasteiger partial charge in [0.2, 0.25) is 0 Å². The van der Waals surface area contributed by atoms with E-state index in [4.69, 9.17) is 0 Å². The van der Waals surface area contributed by atoms with E-state index < -0.39 is 0 Å². The number of amides is 1. The summed E-state index contributed by atoms with van der Waals surface area (Å²) in [6, 6.07) is 6.40. The molecule has 86 valence electrons. The van der Waals surface area contributed by atoms with Crippen LogP contribution in [0.1, 0.15) is 48.2 Å². The summed E-state index contributed by atoms with van der Waals surface area (Å²) < 4.78 is 0. The second-order valence-corrected chi connectivity index (χ2v) is 4.50. The monoisotopic (exact) mass is 217 g/mol. The average Bonchev–Trinajstić information content (AvgIpc) is 2.61. The molecule has 0 bridgehead atoms. The van der Waals surface area contributed by atoms with Crippen molar-refractivity contribution in [1.82, 2.24) is 4.90 Å². The van der Waals surface area contributed by atoms with Crippen molar-refractivity contribution >= 4 is 5.91 Å². The Morgan fingerprint density at radius 2 is 2.00 bits per heavy atom. The number of carbonyl (C=O) groups excluding carboxylic acids is 1. The van der Waals surface area contributed by atoms with E-state index in [1.807, 2.05) is 17.0 Å². The summed E-state index contributed by atoms with van der Waals surface area (Å²) in [5.41, 5.74) is 3.37. The second kappa shape index (κ2) is 4.28. The number of hydrogen-bond acceptors (Lipinski definition) is 1. The highest BCUT2D eigenvalue weighted by molar-refractivity contribution is 5.98. The predicted molar refractivity (Wildman–Crippen MR) is 65.4 cm³/mol. The van der Waals surface area contributed by atoms with E-state index in [0.717, 1.165) is 24.9 Å². The zero-order valence-corrected chi connectivity index (χ0v) is 10.3. The lowest BCUT2D eigenvalue weighted by molar-refractivity contribution is 0.0693. The van der Waals surface area contributed by atoms with E-state index in [0.29, 0.717) is 6.04 Å². The smallest absolute Gasteiger partial charge is 0.254 e. The molecule has 0 fully saturated rings. The SMILES string of the molecule is CCC(CC)N1Cc2c(C)cccc2C1=O. The molecule has 0 unspecified atom stereocenters. The number of hydrogen-bond donors (Lipinski definition) is 0. The first-order valence-corrected chi connectivity index (χ1v) is 6.08. The molecule has 2 heteroatoms. The maximum Gasteiger partial charge on any atom is 0.254 e. The molecule has 0 radical (unpaired) electrons. The fraction of sp³-hybridized carbons (Fsp3) is 0.500. The molecule has 0 atom stereocenters. The van der Waals surface area contributed by atoms with Crippen molar-refractivity contribution in [3.05, 3.63) is 34.9 Å². The second-order valence-electron chi connectivity index (χ2n) is 4.50. The Kier molecular flexibility index (Phi) is 2.99. The summed E-state index contributed by atoms with van der Waals surface area (Å²) in [6.45, 7) is 7.18. The molecule has 16 heavy (non-hydrogen) atoms. The number of benzene rings is 1. The van der Waals surface area contributed by atoms with Crippen molar-refractivity contribution in [3.63, 3.8) is 0 Å². The van der Waals surface area contributed by atoms with E-state index in [2.05, 4.69) is 26.8 Å². The number of carbonyl (C=O) groups is 1. The van der Waals surface area contributed by atoms with Gasteiger partial charge in [-0.25, -0.2) is 0 Å². The largest absolute Gasteiger partial charge is 0.331 e. The van der Waals surface area contributed by atoms with Gasteiger partial charge in [-0.05, 0) is 37.0 Å². The Bertz CT molecular complexity index is 407. The molecule has 2 nitrogen and oxygen atoms in total. The molecule has 1 aliphatic rings. The first-order chi connectivity index (χ1) is 7.69. The molecule has 0 spiro atoms. The van der Waals surface area contributed by atoms with E-state index >= 15 is 0 Å². The van der Waals surface area contributed by atoms with Gasteiger partial charge in [-0.1, -0.05) is 26.0 Å². The lowest BCUT2D eigenvalue weighted by atomic mass is 10.1. The Morgan fingerprint density at radius 1 is 1.31 bits per heavy atom. The molecular weight excluding hydrogens is 198 g/mol. The third kappa shape index (κ3) is 1.62. The van der Waals surface area contributed by atoms with Gasteiger partial charge in [0, 0.05) is 18.2 Å². The van der Waals surface area contributed by atoms with Gasteiger partial charge in [-0.15, -0.1) is 0 Å². The van der Waals surface area contributed by atoms with Gasteiger partial charge in [0.15, 0.2) is 0 Å². The van der Waals surface area contributed by atoms with Gasteiger partial charge in [0.1, 0.15) is 0 Å². The summed E-state index contributed by atoms with van der Waals surface area (Å²) in [6.07, 6.45) is 2.07. The number of aryl methyl sites for hydroxylation is 1. The number of rotatable bonds is 3. The summed E-state index contributed by atoms with van der Waals surface area (Å²) in [5, 5.41) is 0. The van der Waals surface area contributed by atoms with E-state index in [9.17, 15) is 4.79 Å². The van der Waals surface area contributed by atoms with Crippen LogP contribution in [-0.2, 0) is 6.54 Å².